The van der Waals surface area contributed by atoms with Crippen LogP contribution in [0.4, 0.5) is 11.4 Å². The smallest absolute Gasteiger partial charge is 0.264 e. The Morgan fingerprint density at radius 1 is 0.949 bits per heavy atom. The van der Waals surface area contributed by atoms with Crippen LogP contribution in [0.25, 0.3) is 10.8 Å². The molecule has 3 aromatic rings. The Morgan fingerprint density at radius 3 is 2.33 bits per heavy atom. The van der Waals surface area contributed by atoms with E-state index in [4.69, 9.17) is 11.5 Å². The molecule has 0 aliphatic rings. The lowest BCUT2D eigenvalue weighted by molar-refractivity contribution is -0.121. The van der Waals surface area contributed by atoms with Gasteiger partial charge in [-0.25, -0.2) is 13.1 Å². The first kappa shape index (κ1) is 29.4. The van der Waals surface area contributed by atoms with Gasteiger partial charge in [-0.15, -0.1) is 0 Å². The average Bonchev–Trinajstić information content (AvgIpc) is 2.89. The van der Waals surface area contributed by atoms with Gasteiger partial charge in [0.2, 0.25) is 17.8 Å². The van der Waals surface area contributed by atoms with Crippen LogP contribution in [0, 0.1) is 0 Å². The maximum absolute atomic E-state index is 13.1. The van der Waals surface area contributed by atoms with Crippen LogP contribution < -0.4 is 31.7 Å². The number of benzene rings is 3. The van der Waals surface area contributed by atoms with Gasteiger partial charge in [0, 0.05) is 55.8 Å². The van der Waals surface area contributed by atoms with Crippen molar-refractivity contribution in [3.63, 3.8) is 0 Å². The van der Waals surface area contributed by atoms with Crippen LogP contribution in [-0.2, 0) is 19.6 Å². The fourth-order valence-electron chi connectivity index (χ4n) is 4.06. The summed E-state index contributed by atoms with van der Waals surface area (Å²) in [6.45, 7) is 0.437. The van der Waals surface area contributed by atoms with E-state index in [1.165, 1.54) is 6.07 Å². The number of primary amides is 1. The van der Waals surface area contributed by atoms with Crippen LogP contribution >= 0.6 is 0 Å². The highest BCUT2D eigenvalue weighted by Gasteiger charge is 2.20. The first-order valence-electron chi connectivity index (χ1n) is 12.5. The number of hydrogen-bond donors (Lipinski definition) is 5. The number of carbonyl (C=O) groups is 2. The standard InChI is InChI=1S/C27H35N7O4S/c1-34(2)23-14-6-12-21-20(23)11-7-15-24(21)39(37,38)33-27(29)31-17-8-13-22(26(28)36)30-18-16-25(35)32-19-9-4-3-5-10-19/h3-7,9-12,14-15,22,30H,8,13,16-18H2,1-2H3,(H2,28,36)(H,32,35)(H3,29,31,33)/t22-/m0/s1. The number of guanidine groups is 1. The Balaban J connectivity index is 1.51. The predicted molar refractivity (Wildman–Crippen MR) is 155 cm³/mol. The lowest BCUT2D eigenvalue weighted by Gasteiger charge is -2.17. The van der Waals surface area contributed by atoms with Gasteiger partial charge in [0.25, 0.3) is 10.0 Å². The van der Waals surface area contributed by atoms with E-state index in [0.29, 0.717) is 23.9 Å². The fourth-order valence-corrected chi connectivity index (χ4v) is 5.23. The van der Waals surface area contributed by atoms with E-state index in [-0.39, 0.29) is 36.3 Å². The number of sulfonamides is 1. The van der Waals surface area contributed by atoms with Crippen LogP contribution in [0.3, 0.4) is 0 Å². The Bertz CT molecular complexity index is 1430. The zero-order valence-electron chi connectivity index (χ0n) is 22.1. The molecule has 0 aliphatic heterocycles. The van der Waals surface area contributed by atoms with E-state index >= 15 is 0 Å². The summed E-state index contributed by atoms with van der Waals surface area (Å²) in [6.07, 6.45) is 0.922. The zero-order chi connectivity index (χ0) is 28.4. The van der Waals surface area contributed by atoms with E-state index in [2.05, 4.69) is 20.3 Å². The molecule has 0 unspecified atom stereocenters. The lowest BCUT2D eigenvalue weighted by Crippen LogP contribution is -2.42. The summed E-state index contributed by atoms with van der Waals surface area (Å²) < 4.78 is 28.5. The number of para-hydroxylation sites is 1. The molecule has 0 radical (unpaired) electrons. The summed E-state index contributed by atoms with van der Waals surface area (Å²) in [5.74, 6) is -0.994. The van der Waals surface area contributed by atoms with Gasteiger partial charge in [0.1, 0.15) is 0 Å². The van der Waals surface area contributed by atoms with Crippen molar-refractivity contribution in [2.24, 2.45) is 16.5 Å². The van der Waals surface area contributed by atoms with Crippen molar-refractivity contribution in [3.8, 4) is 0 Å². The highest BCUT2D eigenvalue weighted by molar-refractivity contribution is 7.90. The van der Waals surface area contributed by atoms with Gasteiger partial charge in [0.05, 0.1) is 10.9 Å². The molecule has 3 rings (SSSR count). The van der Waals surface area contributed by atoms with E-state index in [1.807, 2.05) is 49.3 Å². The van der Waals surface area contributed by atoms with E-state index in [1.54, 1.807) is 30.3 Å². The maximum Gasteiger partial charge on any atom is 0.264 e. The highest BCUT2D eigenvalue weighted by atomic mass is 32.2. The van der Waals surface area contributed by atoms with Crippen LogP contribution in [-0.4, -0.2) is 59.4 Å². The molecule has 1 atom stereocenters. The topological polar surface area (TPSA) is 172 Å². The number of nitrogens with one attached hydrogen (secondary N) is 3. The Hall–Kier alpha value is -4.16. The molecule has 2 amide bonds. The molecule has 0 aliphatic carbocycles. The summed E-state index contributed by atoms with van der Waals surface area (Å²) in [5, 5.41) is 7.12. The van der Waals surface area contributed by atoms with Crippen molar-refractivity contribution in [2.75, 3.05) is 37.4 Å². The SMILES string of the molecule is CN(C)c1cccc2c(S(=O)(=O)NC(N)=NCCC[C@H](NCCC(=O)Nc3ccccc3)C(N)=O)cccc12. The van der Waals surface area contributed by atoms with Crippen LogP contribution in [0.5, 0.6) is 0 Å². The highest BCUT2D eigenvalue weighted by Crippen LogP contribution is 2.30. The molecule has 208 valence electrons. The van der Waals surface area contributed by atoms with E-state index in [0.717, 1.165) is 11.1 Å². The molecule has 0 fully saturated rings. The van der Waals surface area contributed by atoms with Crippen molar-refractivity contribution in [1.29, 1.82) is 0 Å². The second kappa shape index (κ2) is 13.6. The van der Waals surface area contributed by atoms with E-state index in [9.17, 15) is 18.0 Å². The third-order valence-corrected chi connectivity index (χ3v) is 7.36. The minimum atomic E-state index is -3.99. The van der Waals surface area contributed by atoms with Gasteiger partial charge in [0.15, 0.2) is 0 Å². The fraction of sp³-hybridized carbons (Fsp3) is 0.296. The first-order chi connectivity index (χ1) is 18.6. The summed E-state index contributed by atoms with van der Waals surface area (Å²) in [7, 11) is -0.209. The van der Waals surface area contributed by atoms with Gasteiger partial charge in [-0.05, 0) is 37.1 Å². The quantitative estimate of drug-likeness (QED) is 0.122. The van der Waals surface area contributed by atoms with Crippen molar-refractivity contribution >= 4 is 49.9 Å². The van der Waals surface area contributed by atoms with Crippen molar-refractivity contribution in [2.45, 2.75) is 30.2 Å². The number of amides is 2. The molecule has 0 saturated carbocycles. The normalized spacial score (nSPS) is 12.6. The molecule has 11 nitrogen and oxygen atoms in total. The molecule has 12 heteroatoms. The minimum Gasteiger partial charge on any atom is -0.377 e. The molecule has 0 saturated heterocycles. The summed E-state index contributed by atoms with van der Waals surface area (Å²) in [5.41, 5.74) is 12.9. The van der Waals surface area contributed by atoms with Gasteiger partial charge >= 0.3 is 0 Å². The van der Waals surface area contributed by atoms with Gasteiger partial charge in [-0.3, -0.25) is 14.6 Å². The number of anilines is 2. The molecular formula is C27H35N7O4S. The molecule has 0 spiro atoms. The van der Waals surface area contributed by atoms with Crippen LogP contribution in [0.2, 0.25) is 0 Å². The van der Waals surface area contributed by atoms with Crippen molar-refractivity contribution in [1.82, 2.24) is 10.0 Å². The number of hydrogen-bond acceptors (Lipinski definition) is 7. The third kappa shape index (κ3) is 8.42. The first-order valence-corrected chi connectivity index (χ1v) is 14.0. The number of rotatable bonds is 13. The van der Waals surface area contributed by atoms with Gasteiger partial charge < -0.3 is 27.0 Å². The largest absolute Gasteiger partial charge is 0.377 e. The minimum absolute atomic E-state index is 0.0937. The van der Waals surface area contributed by atoms with E-state index < -0.39 is 22.0 Å². The molecule has 39 heavy (non-hydrogen) atoms. The monoisotopic (exact) mass is 553 g/mol. The Morgan fingerprint density at radius 2 is 1.64 bits per heavy atom. The van der Waals surface area contributed by atoms with Crippen LogP contribution in [0.1, 0.15) is 19.3 Å². The number of nitrogens with zero attached hydrogens (tertiary/aromatic N) is 2. The second-order valence-corrected chi connectivity index (χ2v) is 10.8. The molecule has 0 heterocycles. The third-order valence-electron chi connectivity index (χ3n) is 5.95. The van der Waals surface area contributed by atoms with Gasteiger partial charge in [-0.2, -0.15) is 0 Å². The zero-order valence-corrected chi connectivity index (χ0v) is 22.9. The maximum atomic E-state index is 13.1. The number of aliphatic imine (C=N–C) groups is 1. The Kier molecular flexibility index (Phi) is 10.2. The molecule has 3 aromatic carbocycles. The summed E-state index contributed by atoms with van der Waals surface area (Å²) >= 11 is 0. The Labute approximate surface area is 228 Å². The predicted octanol–water partition coefficient (Wildman–Crippen LogP) is 1.75. The van der Waals surface area contributed by atoms with Gasteiger partial charge in [-0.1, -0.05) is 42.5 Å². The number of carbonyl (C=O) groups excluding carboxylic acids is 2. The summed E-state index contributed by atoms with van der Waals surface area (Å²) in [4.78, 5) is 30.0. The number of fused-ring (bicyclic) bond motifs is 1. The number of nitrogens with two attached hydrogens (primary N) is 2. The lowest BCUT2D eigenvalue weighted by atomic mass is 10.1. The summed E-state index contributed by atoms with van der Waals surface area (Å²) in [6, 6.07) is 18.9. The average molecular weight is 554 g/mol. The molecular weight excluding hydrogens is 518 g/mol. The second-order valence-electron chi connectivity index (χ2n) is 9.11. The van der Waals surface area contributed by atoms with Crippen molar-refractivity contribution in [3.05, 3.63) is 66.7 Å². The molecule has 0 bridgehead atoms. The van der Waals surface area contributed by atoms with Crippen molar-refractivity contribution < 1.29 is 18.0 Å². The van der Waals surface area contributed by atoms with Crippen LogP contribution in [0.15, 0.2) is 76.6 Å². The molecule has 0 aromatic heterocycles. The molecule has 7 N–H and O–H groups in total.